The fourth-order valence-electron chi connectivity index (χ4n) is 7.61. The fourth-order valence-corrected chi connectivity index (χ4v) is 8.21. The zero-order valence-corrected chi connectivity index (χ0v) is 19.0. The molecule has 0 aromatic rings. The lowest BCUT2D eigenvalue weighted by atomic mass is 9.45. The summed E-state index contributed by atoms with van der Waals surface area (Å²) in [5.74, 6) is -1.31. The third kappa shape index (κ3) is 3.27. The molecule has 0 radical (unpaired) electrons. The lowest BCUT2D eigenvalue weighted by Crippen LogP contribution is -2.63. The molecule has 4 aliphatic rings. The predicted molar refractivity (Wildman–Crippen MR) is 110 cm³/mol. The van der Waals surface area contributed by atoms with Crippen LogP contribution in [0, 0.1) is 28.6 Å². The van der Waals surface area contributed by atoms with Gasteiger partial charge < -0.3 is 15.3 Å². The number of aliphatic hydroxyl groups is 3. The van der Waals surface area contributed by atoms with Crippen molar-refractivity contribution in [2.45, 2.75) is 70.2 Å². The molecule has 3 saturated carbocycles. The SMILES string of the molecule is C[C@]12CCC(=O)C=C1C(OS(C)(=O)=O)C[C@@H]1[C@@H]2[C@@H](O)C[C@@]2(C)[C@H]1CC[C@]2(O)C(=O)CO. The van der Waals surface area contributed by atoms with Gasteiger partial charge in [-0.2, -0.15) is 8.42 Å². The van der Waals surface area contributed by atoms with Gasteiger partial charge in [0.1, 0.15) is 12.2 Å². The molecule has 1 unspecified atom stereocenters. The van der Waals surface area contributed by atoms with E-state index in [0.29, 0.717) is 24.8 Å². The van der Waals surface area contributed by atoms with E-state index in [4.69, 9.17) is 4.18 Å². The van der Waals surface area contributed by atoms with E-state index in [1.165, 1.54) is 6.08 Å². The van der Waals surface area contributed by atoms with Crippen molar-refractivity contribution in [1.29, 1.82) is 0 Å². The van der Waals surface area contributed by atoms with Gasteiger partial charge in [-0.1, -0.05) is 13.8 Å². The highest BCUT2D eigenvalue weighted by Crippen LogP contribution is 2.67. The second-order valence-electron chi connectivity index (χ2n) is 10.5. The zero-order valence-electron chi connectivity index (χ0n) is 18.2. The van der Waals surface area contributed by atoms with Gasteiger partial charge in [0.05, 0.1) is 18.5 Å². The summed E-state index contributed by atoms with van der Waals surface area (Å²) < 4.78 is 29.5. The molecular weight excluding hydrogens is 424 g/mol. The van der Waals surface area contributed by atoms with Crippen molar-refractivity contribution < 1.29 is 37.5 Å². The molecule has 0 bridgehead atoms. The lowest BCUT2D eigenvalue weighted by molar-refractivity contribution is -0.186. The van der Waals surface area contributed by atoms with Crippen LogP contribution in [-0.2, 0) is 23.9 Å². The summed E-state index contributed by atoms with van der Waals surface area (Å²) in [4.78, 5) is 24.7. The summed E-state index contributed by atoms with van der Waals surface area (Å²) >= 11 is 0. The molecule has 3 N–H and O–H groups in total. The van der Waals surface area contributed by atoms with Gasteiger partial charge in [0.2, 0.25) is 0 Å². The molecule has 0 amide bonds. The molecule has 0 aliphatic heterocycles. The molecule has 0 aromatic carbocycles. The number of Topliss-reactive ketones (excluding diaryl/α,β-unsaturated/α-hetero) is 1. The van der Waals surface area contributed by atoms with Gasteiger partial charge in [-0.15, -0.1) is 0 Å². The van der Waals surface area contributed by atoms with Crippen molar-refractivity contribution in [2.75, 3.05) is 12.9 Å². The average Bonchev–Trinajstić information content (AvgIpc) is 2.92. The Hall–Kier alpha value is -1.13. The normalized spacial score (nSPS) is 47.2. The Morgan fingerprint density at radius 2 is 1.97 bits per heavy atom. The monoisotopic (exact) mass is 456 g/mol. The predicted octanol–water partition coefficient (Wildman–Crippen LogP) is 0.736. The highest BCUT2D eigenvalue weighted by molar-refractivity contribution is 7.86. The number of carbonyl (C=O) groups is 2. The second kappa shape index (κ2) is 7.18. The van der Waals surface area contributed by atoms with Crippen LogP contribution in [0.15, 0.2) is 11.6 Å². The van der Waals surface area contributed by atoms with Crippen LogP contribution in [0.4, 0.5) is 0 Å². The van der Waals surface area contributed by atoms with E-state index in [-0.39, 0.29) is 42.8 Å². The smallest absolute Gasteiger partial charge is 0.264 e. The van der Waals surface area contributed by atoms with Gasteiger partial charge in [0.15, 0.2) is 11.6 Å². The van der Waals surface area contributed by atoms with Gasteiger partial charge in [-0.25, -0.2) is 0 Å². The number of carbonyl (C=O) groups excluding carboxylic acids is 2. The molecule has 31 heavy (non-hydrogen) atoms. The van der Waals surface area contributed by atoms with Crippen LogP contribution < -0.4 is 0 Å². The van der Waals surface area contributed by atoms with Gasteiger partial charge in [0.25, 0.3) is 10.1 Å². The standard InChI is InChI=1S/C22H32O8S/c1-20-6-4-12(24)8-15(20)17(30-31(3,28)29)9-13-14-5-7-22(27,18(26)11-23)21(14,2)10-16(25)19(13)20/h8,13-14,16-17,19,23,25,27H,4-7,9-11H2,1-3H3/t13-,14-,16-,17?,19+,20-,21-,22-/m0/s1. The Labute approximate surface area is 182 Å². The maximum atomic E-state index is 12.5. The number of hydrogen-bond donors (Lipinski definition) is 3. The maximum absolute atomic E-state index is 12.5. The average molecular weight is 457 g/mol. The lowest BCUT2D eigenvalue weighted by Gasteiger charge is -2.61. The number of aliphatic hydroxyl groups excluding tert-OH is 2. The Balaban J connectivity index is 1.81. The maximum Gasteiger partial charge on any atom is 0.264 e. The van der Waals surface area contributed by atoms with Crippen molar-refractivity contribution in [3.05, 3.63) is 11.6 Å². The highest BCUT2D eigenvalue weighted by atomic mass is 32.2. The molecule has 3 fully saturated rings. The van der Waals surface area contributed by atoms with Crippen LogP contribution >= 0.6 is 0 Å². The van der Waals surface area contributed by atoms with Gasteiger partial charge in [-0.3, -0.25) is 13.8 Å². The molecule has 174 valence electrons. The summed E-state index contributed by atoms with van der Waals surface area (Å²) in [6.45, 7) is 2.99. The third-order valence-corrected chi connectivity index (χ3v) is 9.52. The van der Waals surface area contributed by atoms with E-state index in [1.807, 2.05) is 6.92 Å². The van der Waals surface area contributed by atoms with Crippen molar-refractivity contribution in [3.63, 3.8) is 0 Å². The van der Waals surface area contributed by atoms with Crippen molar-refractivity contribution in [3.8, 4) is 0 Å². The molecule has 0 spiro atoms. The Kier molecular flexibility index (Phi) is 5.34. The molecule has 8 atom stereocenters. The highest BCUT2D eigenvalue weighted by Gasteiger charge is 2.69. The first-order valence-electron chi connectivity index (χ1n) is 10.9. The van der Waals surface area contributed by atoms with E-state index in [9.17, 15) is 33.3 Å². The molecular formula is C22H32O8S. The quantitative estimate of drug-likeness (QED) is 0.527. The molecule has 0 aromatic heterocycles. The summed E-state index contributed by atoms with van der Waals surface area (Å²) in [5.41, 5.74) is -2.66. The van der Waals surface area contributed by atoms with Crippen molar-refractivity contribution in [2.24, 2.45) is 28.6 Å². The van der Waals surface area contributed by atoms with E-state index < -0.39 is 51.1 Å². The van der Waals surface area contributed by atoms with Crippen LogP contribution in [0.25, 0.3) is 0 Å². The number of fused-ring (bicyclic) bond motifs is 5. The van der Waals surface area contributed by atoms with Gasteiger partial charge in [-0.05, 0) is 66.9 Å². The van der Waals surface area contributed by atoms with E-state index in [0.717, 1.165) is 6.26 Å². The van der Waals surface area contributed by atoms with Gasteiger partial charge >= 0.3 is 0 Å². The minimum Gasteiger partial charge on any atom is -0.393 e. The number of hydrogen-bond acceptors (Lipinski definition) is 8. The largest absolute Gasteiger partial charge is 0.393 e. The van der Waals surface area contributed by atoms with Crippen molar-refractivity contribution in [1.82, 2.24) is 0 Å². The first kappa shape index (κ1) is 23.0. The molecule has 4 aliphatic carbocycles. The van der Waals surface area contributed by atoms with E-state index in [1.54, 1.807) is 6.92 Å². The molecule has 0 saturated heterocycles. The topological polar surface area (TPSA) is 138 Å². The minimum atomic E-state index is -3.80. The first-order chi connectivity index (χ1) is 14.3. The number of ketones is 2. The van der Waals surface area contributed by atoms with Crippen LogP contribution in [0.5, 0.6) is 0 Å². The van der Waals surface area contributed by atoms with E-state index in [2.05, 4.69) is 0 Å². The van der Waals surface area contributed by atoms with Gasteiger partial charge in [0, 0.05) is 11.8 Å². The Bertz CT molecular complexity index is 941. The third-order valence-electron chi connectivity index (χ3n) is 8.94. The van der Waals surface area contributed by atoms with E-state index >= 15 is 0 Å². The summed E-state index contributed by atoms with van der Waals surface area (Å²) in [7, 11) is -3.80. The van der Waals surface area contributed by atoms with Crippen molar-refractivity contribution >= 4 is 21.7 Å². The first-order valence-corrected chi connectivity index (χ1v) is 12.8. The summed E-state index contributed by atoms with van der Waals surface area (Å²) in [6, 6.07) is 0. The van der Waals surface area contributed by atoms with Crippen LogP contribution in [0.3, 0.4) is 0 Å². The molecule has 9 heteroatoms. The number of rotatable bonds is 4. The minimum absolute atomic E-state index is 0.0769. The zero-order chi connectivity index (χ0) is 23.0. The van der Waals surface area contributed by atoms with Crippen LogP contribution in [-0.4, -0.2) is 66.0 Å². The molecule has 0 heterocycles. The Morgan fingerprint density at radius 3 is 2.58 bits per heavy atom. The second-order valence-corrected chi connectivity index (χ2v) is 12.1. The van der Waals surface area contributed by atoms with Crippen LogP contribution in [0.1, 0.15) is 52.4 Å². The Morgan fingerprint density at radius 1 is 1.29 bits per heavy atom. The molecule has 8 nitrogen and oxygen atoms in total. The van der Waals surface area contributed by atoms with Crippen LogP contribution in [0.2, 0.25) is 0 Å². The summed E-state index contributed by atoms with van der Waals surface area (Å²) in [5, 5.41) is 32.1. The summed E-state index contributed by atoms with van der Waals surface area (Å²) in [6.07, 6.45) is 2.84. The fraction of sp³-hybridized carbons (Fsp3) is 0.818. The molecule has 4 rings (SSSR count).